The SMILES string of the molecule is CCCCCCCCCCCCC(CCCCCCCCCC)CC(C)(CCCCCCCCCC)CCCCCCCCCC. The quantitative estimate of drug-likeness (QED) is 0.0581. The smallest absolute Gasteiger partial charge is 0.0323 e. The van der Waals surface area contributed by atoms with Crippen molar-refractivity contribution in [2.75, 3.05) is 0 Å². The molecule has 0 bridgehead atoms. The molecule has 0 rings (SSSR count). The fourth-order valence-electron chi connectivity index (χ4n) is 8.23. The van der Waals surface area contributed by atoms with Crippen molar-refractivity contribution in [2.45, 2.75) is 285 Å². The first-order chi connectivity index (χ1) is 22.6. The van der Waals surface area contributed by atoms with E-state index >= 15 is 0 Å². The average molecular weight is 647 g/mol. The highest BCUT2D eigenvalue weighted by atomic mass is 14.3. The van der Waals surface area contributed by atoms with Crippen molar-refractivity contribution < 1.29 is 0 Å². The molecule has 0 aromatic carbocycles. The van der Waals surface area contributed by atoms with Crippen molar-refractivity contribution in [3.05, 3.63) is 0 Å². The van der Waals surface area contributed by atoms with E-state index in [1.807, 2.05) is 0 Å². The molecule has 0 aromatic rings. The second-order valence-electron chi connectivity index (χ2n) is 16.6. The van der Waals surface area contributed by atoms with Gasteiger partial charge in [-0.25, -0.2) is 0 Å². The summed E-state index contributed by atoms with van der Waals surface area (Å²) in [6, 6.07) is 0. The summed E-state index contributed by atoms with van der Waals surface area (Å²) in [4.78, 5) is 0. The van der Waals surface area contributed by atoms with E-state index in [2.05, 4.69) is 34.6 Å². The van der Waals surface area contributed by atoms with Gasteiger partial charge in [0.15, 0.2) is 0 Å². The minimum atomic E-state index is 0.591. The van der Waals surface area contributed by atoms with Gasteiger partial charge in [0.05, 0.1) is 0 Å². The molecular weight excluding hydrogens is 553 g/mol. The molecule has 0 spiro atoms. The fraction of sp³-hybridized carbons (Fsp3) is 1.00. The van der Waals surface area contributed by atoms with Crippen molar-refractivity contribution in [3.63, 3.8) is 0 Å². The number of unbranched alkanes of at least 4 members (excludes halogenated alkanes) is 30. The van der Waals surface area contributed by atoms with E-state index in [1.54, 1.807) is 0 Å². The van der Waals surface area contributed by atoms with Crippen LogP contribution in [0.25, 0.3) is 0 Å². The summed E-state index contributed by atoms with van der Waals surface area (Å²) in [5, 5.41) is 0. The lowest BCUT2D eigenvalue weighted by molar-refractivity contribution is 0.175. The second-order valence-corrected chi connectivity index (χ2v) is 16.6. The van der Waals surface area contributed by atoms with Crippen LogP contribution in [0.3, 0.4) is 0 Å². The van der Waals surface area contributed by atoms with E-state index in [0.29, 0.717) is 5.41 Å². The Kier molecular flexibility index (Phi) is 37.8. The molecule has 0 amide bonds. The van der Waals surface area contributed by atoms with Crippen LogP contribution in [0.4, 0.5) is 0 Å². The van der Waals surface area contributed by atoms with Gasteiger partial charge < -0.3 is 0 Å². The summed E-state index contributed by atoms with van der Waals surface area (Å²) in [7, 11) is 0. The normalized spacial score (nSPS) is 12.7. The van der Waals surface area contributed by atoms with Crippen molar-refractivity contribution in [2.24, 2.45) is 11.3 Å². The Morgan fingerprint density at radius 1 is 0.283 bits per heavy atom. The van der Waals surface area contributed by atoms with E-state index in [1.165, 1.54) is 250 Å². The maximum Gasteiger partial charge on any atom is -0.0323 e. The third-order valence-electron chi connectivity index (χ3n) is 11.5. The van der Waals surface area contributed by atoms with E-state index in [9.17, 15) is 0 Å². The van der Waals surface area contributed by atoms with Gasteiger partial charge in [-0.05, 0) is 30.6 Å². The van der Waals surface area contributed by atoms with Gasteiger partial charge in [0.25, 0.3) is 0 Å². The van der Waals surface area contributed by atoms with E-state index in [4.69, 9.17) is 0 Å². The third-order valence-corrected chi connectivity index (χ3v) is 11.5. The molecule has 0 heteroatoms. The van der Waals surface area contributed by atoms with Gasteiger partial charge in [0, 0.05) is 0 Å². The van der Waals surface area contributed by atoms with Crippen LogP contribution in [0, 0.1) is 11.3 Å². The second kappa shape index (κ2) is 37.8. The van der Waals surface area contributed by atoms with Gasteiger partial charge in [-0.2, -0.15) is 0 Å². The monoisotopic (exact) mass is 647 g/mol. The van der Waals surface area contributed by atoms with Crippen LogP contribution in [-0.2, 0) is 0 Å². The Labute approximate surface area is 295 Å². The van der Waals surface area contributed by atoms with Crippen molar-refractivity contribution in [1.82, 2.24) is 0 Å². The number of hydrogen-bond acceptors (Lipinski definition) is 0. The number of hydrogen-bond donors (Lipinski definition) is 0. The van der Waals surface area contributed by atoms with Gasteiger partial charge in [-0.1, -0.05) is 266 Å². The van der Waals surface area contributed by atoms with Crippen LogP contribution in [0.1, 0.15) is 285 Å². The Bertz CT molecular complexity index is 514. The summed E-state index contributed by atoms with van der Waals surface area (Å²) in [6.45, 7) is 12.1. The molecule has 0 aliphatic heterocycles. The average Bonchev–Trinajstić information content (AvgIpc) is 3.05. The highest BCUT2D eigenvalue weighted by Crippen LogP contribution is 2.40. The molecule has 0 N–H and O–H groups in total. The molecule has 0 nitrogen and oxygen atoms in total. The molecular formula is C46H94. The molecule has 0 saturated carbocycles. The molecule has 0 fully saturated rings. The largest absolute Gasteiger partial charge is 0.0654 e. The van der Waals surface area contributed by atoms with Gasteiger partial charge >= 0.3 is 0 Å². The topological polar surface area (TPSA) is 0 Å². The van der Waals surface area contributed by atoms with Crippen LogP contribution < -0.4 is 0 Å². The summed E-state index contributed by atoms with van der Waals surface area (Å²) in [5.74, 6) is 0.988. The lowest BCUT2D eigenvalue weighted by Crippen LogP contribution is -2.21. The zero-order chi connectivity index (χ0) is 33.7. The summed E-state index contributed by atoms with van der Waals surface area (Å²) >= 11 is 0. The summed E-state index contributed by atoms with van der Waals surface area (Å²) in [6.07, 6.45) is 57.4. The lowest BCUT2D eigenvalue weighted by Gasteiger charge is -2.34. The zero-order valence-electron chi connectivity index (χ0n) is 33.7. The molecule has 0 saturated heterocycles. The van der Waals surface area contributed by atoms with Crippen LogP contribution in [0.15, 0.2) is 0 Å². The molecule has 0 heterocycles. The standard InChI is InChI=1S/C46H94/c1-6-10-14-18-22-26-27-29-33-37-41-45(40-36-32-28-23-19-15-11-7-2)44-46(5,42-38-34-30-24-20-16-12-8-3)43-39-35-31-25-21-17-13-9-4/h45H,6-44H2,1-5H3. The van der Waals surface area contributed by atoms with Gasteiger partial charge in [-0.3, -0.25) is 0 Å². The van der Waals surface area contributed by atoms with Crippen molar-refractivity contribution in [3.8, 4) is 0 Å². The Morgan fingerprint density at radius 2 is 0.500 bits per heavy atom. The Balaban J connectivity index is 4.87. The first kappa shape index (κ1) is 46.0. The molecule has 1 atom stereocenters. The molecule has 0 aliphatic rings. The molecule has 0 radical (unpaired) electrons. The van der Waals surface area contributed by atoms with E-state index < -0.39 is 0 Å². The van der Waals surface area contributed by atoms with E-state index in [-0.39, 0.29) is 0 Å². The van der Waals surface area contributed by atoms with Gasteiger partial charge in [0.2, 0.25) is 0 Å². The predicted octanol–water partition coefficient (Wildman–Crippen LogP) is 17.9. The first-order valence-electron chi connectivity index (χ1n) is 22.6. The maximum absolute atomic E-state index is 2.74. The third kappa shape index (κ3) is 33.9. The minimum absolute atomic E-state index is 0.591. The van der Waals surface area contributed by atoms with Gasteiger partial charge in [-0.15, -0.1) is 0 Å². The van der Waals surface area contributed by atoms with Crippen LogP contribution in [-0.4, -0.2) is 0 Å². The van der Waals surface area contributed by atoms with E-state index in [0.717, 1.165) is 5.92 Å². The molecule has 278 valence electrons. The highest BCUT2D eigenvalue weighted by molar-refractivity contribution is 4.79. The van der Waals surface area contributed by atoms with Crippen molar-refractivity contribution >= 4 is 0 Å². The molecule has 1 unspecified atom stereocenters. The fourth-order valence-corrected chi connectivity index (χ4v) is 8.23. The first-order valence-corrected chi connectivity index (χ1v) is 22.6. The van der Waals surface area contributed by atoms with Crippen molar-refractivity contribution in [1.29, 1.82) is 0 Å². The molecule has 0 aliphatic carbocycles. The van der Waals surface area contributed by atoms with Crippen LogP contribution in [0.2, 0.25) is 0 Å². The number of rotatable bonds is 40. The molecule has 46 heavy (non-hydrogen) atoms. The van der Waals surface area contributed by atoms with Crippen LogP contribution in [0.5, 0.6) is 0 Å². The summed E-state index contributed by atoms with van der Waals surface area (Å²) in [5.41, 5.74) is 0.591. The zero-order valence-corrected chi connectivity index (χ0v) is 33.7. The highest BCUT2D eigenvalue weighted by Gasteiger charge is 2.27. The lowest BCUT2D eigenvalue weighted by atomic mass is 9.71. The predicted molar refractivity (Wildman–Crippen MR) is 214 cm³/mol. The minimum Gasteiger partial charge on any atom is -0.0654 e. The Hall–Kier alpha value is 0. The Morgan fingerprint density at radius 3 is 0.761 bits per heavy atom. The van der Waals surface area contributed by atoms with Gasteiger partial charge in [0.1, 0.15) is 0 Å². The molecule has 0 aromatic heterocycles. The summed E-state index contributed by atoms with van der Waals surface area (Å²) < 4.78 is 0. The maximum atomic E-state index is 2.74. The van der Waals surface area contributed by atoms with Crippen LogP contribution >= 0.6 is 0 Å².